The van der Waals surface area contributed by atoms with E-state index >= 15 is 0 Å². The summed E-state index contributed by atoms with van der Waals surface area (Å²) in [5.74, 6) is 0. The zero-order valence-corrected chi connectivity index (χ0v) is 26.5. The first-order valence-electron chi connectivity index (χ1n) is 14.4. The van der Waals surface area contributed by atoms with Gasteiger partial charge in [-0.15, -0.1) is 0 Å². The van der Waals surface area contributed by atoms with E-state index in [-0.39, 0.29) is 6.61 Å². The van der Waals surface area contributed by atoms with E-state index in [0.29, 0.717) is 0 Å². The van der Waals surface area contributed by atoms with E-state index in [1.807, 2.05) is 6.07 Å². The van der Waals surface area contributed by atoms with Crippen LogP contribution in [-0.4, -0.2) is 5.11 Å². The van der Waals surface area contributed by atoms with Crippen molar-refractivity contribution in [2.75, 3.05) is 0 Å². The Balaban J connectivity index is 1.90. The van der Waals surface area contributed by atoms with E-state index < -0.39 is 0 Å². The standard InChI is InChI=1S/C40H48O/c1-29(16-12-18-31(3)20-23-38-25-22-33(5)34(6)35(38)7)14-10-11-15-30(2)17-13-19-32(4)21-24-39-26-27-40(28-41)37(9)36(39)8/h10-27,41H,28H2,1-9H3/b11-10+,16-12+,17-13+,23-20+,24-21+,29-14+,30-15+,31-18+,32-19+. The van der Waals surface area contributed by atoms with E-state index in [1.54, 1.807) is 0 Å². The molecule has 2 aromatic rings. The predicted octanol–water partition coefficient (Wildman–Crippen LogP) is 10.9. The molecule has 0 aromatic heterocycles. The lowest BCUT2D eigenvalue weighted by Crippen LogP contribution is -1.94. The van der Waals surface area contributed by atoms with Crippen LogP contribution in [0, 0.1) is 34.6 Å². The molecular formula is C40H48O. The highest BCUT2D eigenvalue weighted by molar-refractivity contribution is 5.60. The summed E-state index contributed by atoms with van der Waals surface area (Å²) in [4.78, 5) is 0. The van der Waals surface area contributed by atoms with Gasteiger partial charge in [0, 0.05) is 0 Å². The Labute approximate surface area is 249 Å². The molecule has 0 spiro atoms. The Hall–Kier alpha value is -3.94. The number of hydrogen-bond acceptors (Lipinski definition) is 1. The summed E-state index contributed by atoms with van der Waals surface area (Å²) in [7, 11) is 0. The number of hydrogen-bond donors (Lipinski definition) is 1. The highest BCUT2D eigenvalue weighted by Crippen LogP contribution is 2.20. The third-order valence-electron chi connectivity index (χ3n) is 7.53. The minimum absolute atomic E-state index is 0.0834. The van der Waals surface area contributed by atoms with Crippen LogP contribution in [0.4, 0.5) is 0 Å². The molecule has 2 rings (SSSR count). The van der Waals surface area contributed by atoms with Gasteiger partial charge >= 0.3 is 0 Å². The smallest absolute Gasteiger partial charge is 0.0684 e. The zero-order chi connectivity index (χ0) is 30.4. The van der Waals surface area contributed by atoms with Crippen molar-refractivity contribution in [1.29, 1.82) is 0 Å². The van der Waals surface area contributed by atoms with E-state index in [1.165, 1.54) is 55.7 Å². The third kappa shape index (κ3) is 11.2. The van der Waals surface area contributed by atoms with Crippen LogP contribution < -0.4 is 0 Å². The molecule has 0 aliphatic heterocycles. The van der Waals surface area contributed by atoms with E-state index in [0.717, 1.165) is 11.1 Å². The number of benzene rings is 2. The lowest BCUT2D eigenvalue weighted by Gasteiger charge is -2.09. The van der Waals surface area contributed by atoms with Gasteiger partial charge in [0.25, 0.3) is 0 Å². The number of aryl methyl sites for hydroxylation is 1. The number of aliphatic hydroxyl groups excluding tert-OH is 1. The summed E-state index contributed by atoms with van der Waals surface area (Å²) in [6.45, 7) is 19.2. The number of aliphatic hydroxyl groups is 1. The van der Waals surface area contributed by atoms with Crippen LogP contribution in [0.1, 0.15) is 72.2 Å². The van der Waals surface area contributed by atoms with Crippen LogP contribution in [0.2, 0.25) is 0 Å². The predicted molar refractivity (Wildman–Crippen MR) is 183 cm³/mol. The first-order chi connectivity index (χ1) is 19.5. The normalized spacial score (nSPS) is 14.3. The Bertz CT molecular complexity index is 1470. The second-order valence-electron chi connectivity index (χ2n) is 10.9. The molecule has 41 heavy (non-hydrogen) atoms. The first-order valence-corrected chi connectivity index (χ1v) is 14.4. The van der Waals surface area contributed by atoms with Crippen molar-refractivity contribution < 1.29 is 5.11 Å². The maximum absolute atomic E-state index is 9.44. The Morgan fingerprint density at radius 3 is 1.41 bits per heavy atom. The SMILES string of the molecule is CC(/C=C/C=C(C)/C=C/c1ccc(C)c(C)c1C)=C\C=C\C=C(C)\C=C\C=C(C)\C=C\c1ccc(CO)c(C)c1C. The van der Waals surface area contributed by atoms with Gasteiger partial charge in [0.15, 0.2) is 0 Å². The van der Waals surface area contributed by atoms with Gasteiger partial charge in [0.05, 0.1) is 6.61 Å². The van der Waals surface area contributed by atoms with Crippen LogP contribution in [-0.2, 0) is 6.61 Å². The topological polar surface area (TPSA) is 20.2 Å². The molecule has 1 N–H and O–H groups in total. The fraction of sp³-hybridized carbons (Fsp3) is 0.250. The van der Waals surface area contributed by atoms with Crippen molar-refractivity contribution >= 4 is 12.2 Å². The molecule has 1 heteroatoms. The molecule has 0 saturated carbocycles. The molecule has 0 amide bonds. The second-order valence-corrected chi connectivity index (χ2v) is 10.9. The fourth-order valence-electron chi connectivity index (χ4n) is 4.19. The summed E-state index contributed by atoms with van der Waals surface area (Å²) in [6, 6.07) is 8.46. The molecule has 0 fully saturated rings. The van der Waals surface area contributed by atoms with Gasteiger partial charge in [-0.25, -0.2) is 0 Å². The maximum Gasteiger partial charge on any atom is 0.0684 e. The highest BCUT2D eigenvalue weighted by Gasteiger charge is 2.03. The van der Waals surface area contributed by atoms with E-state index in [4.69, 9.17) is 0 Å². The van der Waals surface area contributed by atoms with Gasteiger partial charge < -0.3 is 5.11 Å². The number of rotatable bonds is 11. The van der Waals surface area contributed by atoms with Crippen LogP contribution in [0.25, 0.3) is 12.2 Å². The van der Waals surface area contributed by atoms with Gasteiger partial charge in [0.1, 0.15) is 0 Å². The van der Waals surface area contributed by atoms with Crippen LogP contribution in [0.3, 0.4) is 0 Å². The average Bonchev–Trinajstić information content (AvgIpc) is 2.94. The molecular weight excluding hydrogens is 496 g/mol. The Morgan fingerprint density at radius 2 is 0.927 bits per heavy atom. The number of allylic oxidation sites excluding steroid dienone is 16. The Morgan fingerprint density at radius 1 is 0.512 bits per heavy atom. The van der Waals surface area contributed by atoms with Gasteiger partial charge in [-0.3, -0.25) is 0 Å². The van der Waals surface area contributed by atoms with Crippen molar-refractivity contribution in [1.82, 2.24) is 0 Å². The summed E-state index contributed by atoms with van der Waals surface area (Å²) in [5, 5.41) is 9.44. The summed E-state index contributed by atoms with van der Waals surface area (Å²) in [6.07, 6.45) is 29.7. The lowest BCUT2D eigenvalue weighted by molar-refractivity contribution is 0.281. The van der Waals surface area contributed by atoms with E-state index in [2.05, 4.69) is 166 Å². The lowest BCUT2D eigenvalue weighted by atomic mass is 9.98. The van der Waals surface area contributed by atoms with Crippen molar-refractivity contribution in [3.63, 3.8) is 0 Å². The van der Waals surface area contributed by atoms with Crippen LogP contribution >= 0.6 is 0 Å². The minimum atomic E-state index is 0.0834. The quantitative estimate of drug-likeness (QED) is 0.279. The van der Waals surface area contributed by atoms with Gasteiger partial charge in [0.2, 0.25) is 0 Å². The van der Waals surface area contributed by atoms with Gasteiger partial charge in [-0.1, -0.05) is 132 Å². The molecule has 0 aliphatic rings. The van der Waals surface area contributed by atoms with Crippen molar-refractivity contribution in [3.05, 3.63) is 164 Å². The first kappa shape index (κ1) is 33.3. The molecule has 2 aromatic carbocycles. The molecule has 1 nitrogen and oxygen atoms in total. The van der Waals surface area contributed by atoms with Gasteiger partial charge in [-0.05, 0) is 107 Å². The molecule has 0 radical (unpaired) electrons. The van der Waals surface area contributed by atoms with Gasteiger partial charge in [-0.2, -0.15) is 0 Å². The third-order valence-corrected chi connectivity index (χ3v) is 7.53. The molecule has 0 heterocycles. The largest absolute Gasteiger partial charge is 0.392 e. The van der Waals surface area contributed by atoms with Crippen LogP contribution in [0.5, 0.6) is 0 Å². The van der Waals surface area contributed by atoms with E-state index in [9.17, 15) is 5.11 Å². The highest BCUT2D eigenvalue weighted by atomic mass is 16.3. The van der Waals surface area contributed by atoms with Crippen molar-refractivity contribution in [3.8, 4) is 0 Å². The zero-order valence-electron chi connectivity index (χ0n) is 26.5. The van der Waals surface area contributed by atoms with Crippen molar-refractivity contribution in [2.24, 2.45) is 0 Å². The van der Waals surface area contributed by atoms with Crippen LogP contribution in [0.15, 0.2) is 119 Å². The summed E-state index contributed by atoms with van der Waals surface area (Å²) < 4.78 is 0. The second kappa shape index (κ2) is 17.0. The molecule has 0 unspecified atom stereocenters. The average molecular weight is 545 g/mol. The fourth-order valence-corrected chi connectivity index (χ4v) is 4.19. The Kier molecular flexibility index (Phi) is 13.8. The molecule has 0 aliphatic carbocycles. The summed E-state index contributed by atoms with van der Waals surface area (Å²) in [5.41, 5.74) is 14.7. The monoisotopic (exact) mass is 544 g/mol. The maximum atomic E-state index is 9.44. The molecule has 0 saturated heterocycles. The van der Waals surface area contributed by atoms with Crippen molar-refractivity contribution in [2.45, 2.75) is 68.9 Å². The molecule has 214 valence electrons. The molecule has 0 atom stereocenters. The minimum Gasteiger partial charge on any atom is -0.392 e. The molecule has 0 bridgehead atoms. The summed E-state index contributed by atoms with van der Waals surface area (Å²) >= 11 is 0.